The molecule has 0 saturated carbocycles. The van der Waals surface area contributed by atoms with Crippen LogP contribution in [0.4, 0.5) is 0 Å². The topological polar surface area (TPSA) is 38.9 Å². The number of hydrogen-bond acceptors (Lipinski definition) is 3. The van der Waals surface area contributed by atoms with Gasteiger partial charge in [0.25, 0.3) is 0 Å². The van der Waals surface area contributed by atoms with Crippen LogP contribution in [0.25, 0.3) is 66.7 Å². The van der Waals surface area contributed by atoms with Crippen LogP contribution in [0.2, 0.25) is 17.3 Å². The van der Waals surface area contributed by atoms with E-state index in [0.717, 1.165) is 38.7 Å². The van der Waals surface area contributed by atoms with Gasteiger partial charge >= 0.3 is 142 Å². The van der Waals surface area contributed by atoms with Gasteiger partial charge in [-0.15, -0.1) is 18.2 Å². The van der Waals surface area contributed by atoms with Gasteiger partial charge in [-0.1, -0.05) is 64.5 Å². The molecule has 0 amide bonds. The quantitative estimate of drug-likeness (QED) is 0.127. The van der Waals surface area contributed by atoms with E-state index in [-0.39, 0.29) is 32.9 Å². The number of rotatable bonds is 5. The maximum atomic E-state index is 8.63. The molecule has 265 valence electrons. The summed E-state index contributed by atoms with van der Waals surface area (Å²) in [6.07, 6.45) is 0.585. The van der Waals surface area contributed by atoms with Crippen molar-refractivity contribution in [3.63, 3.8) is 0 Å². The molecule has 9 rings (SSSR count). The smallest absolute Gasteiger partial charge is 0.121 e. The molecule has 0 aliphatic heterocycles. The van der Waals surface area contributed by atoms with Gasteiger partial charge in [-0.05, 0) is 54.5 Å². The van der Waals surface area contributed by atoms with Crippen LogP contribution in [-0.2, 0) is 32.9 Å². The molecule has 0 atom stereocenters. The van der Waals surface area contributed by atoms with Gasteiger partial charge in [0.05, 0.1) is 5.58 Å². The Labute approximate surface area is 334 Å². The fourth-order valence-corrected chi connectivity index (χ4v) is 10.6. The van der Waals surface area contributed by atoms with E-state index < -0.39 is 26.0 Å². The van der Waals surface area contributed by atoms with Crippen molar-refractivity contribution < 1.29 is 30.0 Å². The van der Waals surface area contributed by atoms with Gasteiger partial charge < -0.3 is 9.40 Å². The first-order valence-electron chi connectivity index (χ1n) is 19.8. The number of pyridine rings is 2. The minimum atomic E-state index is -1.85. The van der Waals surface area contributed by atoms with Crippen LogP contribution in [0.5, 0.6) is 0 Å². The maximum absolute atomic E-state index is 8.63. The number of fused-ring (bicyclic) bond motifs is 4. The van der Waals surface area contributed by atoms with Gasteiger partial charge in [-0.3, -0.25) is 0 Å². The van der Waals surface area contributed by atoms with E-state index in [1.807, 2.05) is 48.5 Å². The number of aromatic nitrogens is 2. The first-order valence-corrected chi connectivity index (χ1v) is 25.1. The fourth-order valence-electron chi connectivity index (χ4n) is 7.00. The Morgan fingerprint density at radius 2 is 1.40 bits per heavy atom. The van der Waals surface area contributed by atoms with E-state index >= 15 is 0 Å². The number of benzene rings is 5. The minimum Gasteiger partial charge on any atom is -0.501 e. The van der Waals surface area contributed by atoms with Crippen molar-refractivity contribution in [1.29, 1.82) is 0 Å². The molecule has 5 aromatic carbocycles. The number of hydrogen-bond donors (Lipinski definition) is 0. The van der Waals surface area contributed by atoms with Crippen LogP contribution in [0.3, 0.4) is 0 Å². The van der Waals surface area contributed by atoms with Crippen LogP contribution < -0.4 is 4.40 Å². The minimum absolute atomic E-state index is 0. The second kappa shape index (κ2) is 15.8. The predicted octanol–water partition coefficient (Wildman–Crippen LogP) is 12.1. The summed E-state index contributed by atoms with van der Waals surface area (Å²) in [5, 5.41) is 1.86. The molecule has 0 saturated heterocycles. The molecule has 5 heteroatoms. The number of aryl methyl sites for hydroxylation is 2. The summed E-state index contributed by atoms with van der Waals surface area (Å²) >= 11 is -1.85. The Hall–Kier alpha value is -4.61. The zero-order valence-corrected chi connectivity index (χ0v) is 34.7. The SMILES string of the molecule is Cc1cc(-c2[c-]ccc(-c3ccccc3)c2)nc[c]1[Ge]([CH3])([CH3])[CH3].[2H]C1([2H])CCC([2H])([2H])c2c1ccnc2-c1[c-]ccc2c1oc1cc(-c3ccccc3)ccc12.[Ir]. The zero-order valence-electron chi connectivity index (χ0n) is 34.3. The van der Waals surface area contributed by atoms with Gasteiger partial charge in [-0.2, -0.15) is 0 Å². The fraction of sp³-hybridized carbons (Fsp3) is 0.167. The van der Waals surface area contributed by atoms with Gasteiger partial charge in [0.1, 0.15) is 5.58 Å². The average molecular weight is 932 g/mol. The second-order valence-electron chi connectivity index (χ2n) is 14.2. The molecule has 0 bridgehead atoms. The van der Waals surface area contributed by atoms with Crippen molar-refractivity contribution in [3.05, 3.63) is 163 Å². The zero-order chi connectivity index (χ0) is 39.2. The Bertz CT molecular complexity index is 2710. The molecule has 1 aliphatic rings. The molecule has 1 aliphatic carbocycles. The third kappa shape index (κ3) is 7.73. The molecule has 1 radical (unpaired) electrons. The van der Waals surface area contributed by atoms with Crippen LogP contribution in [0, 0.1) is 19.1 Å². The molecule has 53 heavy (non-hydrogen) atoms. The van der Waals surface area contributed by atoms with E-state index in [9.17, 15) is 0 Å². The van der Waals surface area contributed by atoms with E-state index in [2.05, 4.69) is 108 Å². The Balaban J connectivity index is 0.000000183. The van der Waals surface area contributed by atoms with Crippen molar-refractivity contribution in [2.45, 2.75) is 49.8 Å². The average Bonchev–Trinajstić information content (AvgIpc) is 3.58. The molecule has 0 N–H and O–H groups in total. The second-order valence-corrected chi connectivity index (χ2v) is 24.8. The summed E-state index contributed by atoms with van der Waals surface area (Å²) in [7, 11) is 0. The standard InChI is InChI=1S/C27H20NO.C21H22GeN.Ir/c1-2-7-18(8-3-1)20-13-14-22-23-11-6-12-24(27(23)29-25(22)17-20)26-21-10-5-4-9-19(21)15-16-28-26;1-16-13-21(23-15-20(16)22(2,3)4)19-12-8-11-18(14-19)17-9-6-5-7-10-17;/h1-3,6-8,11,13-17H,4-5,9-10H2;5-11,13-15H,1-4H3;/q2*-1;/i9D2,10D2;;. The van der Waals surface area contributed by atoms with Crippen molar-refractivity contribution in [1.82, 2.24) is 9.97 Å². The molecule has 3 aromatic heterocycles. The molecule has 0 fully saturated rings. The van der Waals surface area contributed by atoms with Crippen LogP contribution in [0.1, 0.15) is 35.0 Å². The summed E-state index contributed by atoms with van der Waals surface area (Å²) in [4.78, 5) is 9.24. The van der Waals surface area contributed by atoms with Gasteiger partial charge in [-0.25, -0.2) is 0 Å². The monoisotopic (exact) mass is 933 g/mol. The van der Waals surface area contributed by atoms with E-state index in [0.29, 0.717) is 28.0 Å². The third-order valence-corrected chi connectivity index (χ3v) is 14.1. The Morgan fingerprint density at radius 1 is 0.698 bits per heavy atom. The molecule has 0 spiro atoms. The predicted molar refractivity (Wildman–Crippen MR) is 220 cm³/mol. The van der Waals surface area contributed by atoms with E-state index in [4.69, 9.17) is 14.9 Å². The van der Waals surface area contributed by atoms with E-state index in [1.54, 1.807) is 18.3 Å². The van der Waals surface area contributed by atoms with Crippen molar-refractivity contribution in [2.75, 3.05) is 0 Å². The summed E-state index contributed by atoms with van der Waals surface area (Å²) in [5.74, 6) is 7.23. The van der Waals surface area contributed by atoms with Crippen molar-refractivity contribution in [2.24, 2.45) is 0 Å². The maximum Gasteiger partial charge on any atom is 0.121 e. The number of furan rings is 1. The molecule has 3 heterocycles. The van der Waals surface area contributed by atoms with Gasteiger partial charge in [0, 0.05) is 37.2 Å². The molecular weight excluding hydrogens is 885 g/mol. The molecule has 8 aromatic rings. The summed E-state index contributed by atoms with van der Waals surface area (Å²) in [6.45, 7) is 2.21. The van der Waals surface area contributed by atoms with Gasteiger partial charge in [0.15, 0.2) is 0 Å². The van der Waals surface area contributed by atoms with Gasteiger partial charge in [0.2, 0.25) is 0 Å². The Morgan fingerprint density at radius 3 is 2.11 bits per heavy atom. The number of nitrogens with zero attached hydrogens (tertiary/aromatic N) is 2. The summed E-state index contributed by atoms with van der Waals surface area (Å²) in [5.41, 5.74) is 10.9. The molecule has 3 nitrogen and oxygen atoms in total. The Kier molecular flexibility index (Phi) is 9.49. The van der Waals surface area contributed by atoms with Crippen LogP contribution in [-0.4, -0.2) is 23.2 Å². The summed E-state index contributed by atoms with van der Waals surface area (Å²) in [6, 6.07) is 47.0. The molecular formula is C48H42GeIrN2O-2. The summed E-state index contributed by atoms with van der Waals surface area (Å²) < 4.78 is 41.9. The third-order valence-electron chi connectivity index (χ3n) is 9.57. The first kappa shape index (κ1) is 31.9. The van der Waals surface area contributed by atoms with E-state index in [1.165, 1.54) is 21.1 Å². The van der Waals surface area contributed by atoms with Crippen molar-refractivity contribution >= 4 is 39.6 Å². The van der Waals surface area contributed by atoms with Crippen LogP contribution in [0.15, 0.2) is 138 Å². The molecule has 0 unspecified atom stereocenters. The van der Waals surface area contributed by atoms with Crippen molar-refractivity contribution in [3.8, 4) is 44.8 Å². The van der Waals surface area contributed by atoms with Crippen LogP contribution >= 0.6 is 0 Å². The first-order chi connectivity index (χ1) is 26.8. The normalized spacial score (nSPS) is 15.5. The largest absolute Gasteiger partial charge is 0.501 e.